The molecule has 0 saturated carbocycles. The number of amides is 1. The Labute approximate surface area is 186 Å². The number of rotatable bonds is 5. The number of methoxy groups -OCH3 is 1. The molecule has 5 nitrogen and oxygen atoms in total. The fourth-order valence-corrected chi connectivity index (χ4v) is 4.61. The Kier molecular flexibility index (Phi) is 6.20. The lowest BCUT2D eigenvalue weighted by Crippen LogP contribution is -2.30. The highest BCUT2D eigenvalue weighted by Crippen LogP contribution is 2.26. The van der Waals surface area contributed by atoms with Crippen molar-refractivity contribution in [2.75, 3.05) is 19.0 Å². The molecule has 0 fully saturated rings. The maximum absolute atomic E-state index is 12.5. The summed E-state index contributed by atoms with van der Waals surface area (Å²) in [7, 11) is 1.69. The van der Waals surface area contributed by atoms with Crippen molar-refractivity contribution >= 4 is 49.9 Å². The molecule has 3 aromatic rings. The highest BCUT2D eigenvalue weighted by atomic mass is 79.9. The second kappa shape index (κ2) is 8.83. The number of hydrogen-bond acceptors (Lipinski definition) is 5. The van der Waals surface area contributed by atoms with Crippen LogP contribution in [0.3, 0.4) is 0 Å². The van der Waals surface area contributed by atoms with Crippen molar-refractivity contribution in [2.24, 2.45) is 0 Å². The number of aromatic nitrogens is 1. The summed E-state index contributed by atoms with van der Waals surface area (Å²) >= 11 is 10.9. The summed E-state index contributed by atoms with van der Waals surface area (Å²) in [5.74, 6) is 0.640. The Hall–Kier alpha value is -1.93. The number of anilines is 1. The van der Waals surface area contributed by atoms with Crippen molar-refractivity contribution in [3.63, 3.8) is 0 Å². The molecule has 1 aliphatic rings. The number of carbonyl (C=O) groups is 1. The zero-order chi connectivity index (χ0) is 20.4. The zero-order valence-electron chi connectivity index (χ0n) is 15.7. The van der Waals surface area contributed by atoms with Gasteiger partial charge in [-0.2, -0.15) is 0 Å². The van der Waals surface area contributed by atoms with Crippen molar-refractivity contribution in [2.45, 2.75) is 19.5 Å². The summed E-state index contributed by atoms with van der Waals surface area (Å²) in [6.45, 7) is 2.59. The summed E-state index contributed by atoms with van der Waals surface area (Å²) in [5.41, 5.74) is 4.03. The highest BCUT2D eigenvalue weighted by Gasteiger charge is 2.19. The number of fused-ring (bicyclic) bond motifs is 1. The molecular weight excluding hydrogens is 474 g/mol. The predicted octanol–water partition coefficient (Wildman–Crippen LogP) is 5.38. The van der Waals surface area contributed by atoms with E-state index in [1.165, 1.54) is 22.5 Å². The first-order valence-electron chi connectivity index (χ1n) is 9.11. The van der Waals surface area contributed by atoms with Crippen LogP contribution in [0.15, 0.2) is 46.3 Å². The van der Waals surface area contributed by atoms with Gasteiger partial charge in [0.15, 0.2) is 5.13 Å². The lowest BCUT2D eigenvalue weighted by molar-refractivity contribution is 0.102. The first-order valence-corrected chi connectivity index (χ1v) is 11.2. The van der Waals surface area contributed by atoms with Gasteiger partial charge in [0.05, 0.1) is 23.4 Å². The van der Waals surface area contributed by atoms with Crippen LogP contribution in [0.25, 0.3) is 0 Å². The lowest BCUT2D eigenvalue weighted by atomic mass is 9.99. The van der Waals surface area contributed by atoms with Crippen LogP contribution < -0.4 is 10.1 Å². The van der Waals surface area contributed by atoms with Crippen LogP contribution in [0, 0.1) is 0 Å². The van der Waals surface area contributed by atoms with E-state index < -0.39 is 0 Å². The third kappa shape index (κ3) is 4.80. The second-order valence-corrected chi connectivity index (χ2v) is 9.00. The van der Waals surface area contributed by atoms with E-state index in [0.717, 1.165) is 42.0 Å². The summed E-state index contributed by atoms with van der Waals surface area (Å²) in [5, 5.41) is 5.81. The van der Waals surface area contributed by atoms with Gasteiger partial charge < -0.3 is 4.74 Å². The van der Waals surface area contributed by atoms with Gasteiger partial charge in [0.25, 0.3) is 5.91 Å². The highest BCUT2D eigenvalue weighted by molar-refractivity contribution is 9.10. The molecule has 1 aromatic heterocycles. The van der Waals surface area contributed by atoms with E-state index in [4.69, 9.17) is 16.3 Å². The number of nitrogens with zero attached hydrogens (tertiary/aromatic N) is 2. The smallest absolute Gasteiger partial charge is 0.258 e. The molecule has 0 atom stereocenters. The standard InChI is InChI=1S/C21H19BrClN3O2S/c1-28-17-4-2-14-10-26(7-6-13(14)8-17)11-16-12-29-21(24-16)25-20(27)18-9-15(22)3-5-19(18)23/h2-5,8-9,12H,6-7,10-11H2,1H3,(H,24,25,27). The molecule has 1 N–H and O–H groups in total. The first-order chi connectivity index (χ1) is 14.0. The molecule has 0 spiro atoms. The van der Waals surface area contributed by atoms with E-state index in [1.54, 1.807) is 25.3 Å². The Morgan fingerprint density at radius 2 is 2.17 bits per heavy atom. The quantitative estimate of drug-likeness (QED) is 0.520. The van der Waals surface area contributed by atoms with E-state index in [2.05, 4.69) is 43.3 Å². The maximum Gasteiger partial charge on any atom is 0.258 e. The molecule has 0 saturated heterocycles. The Balaban J connectivity index is 1.39. The Morgan fingerprint density at radius 3 is 3.00 bits per heavy atom. The summed E-state index contributed by atoms with van der Waals surface area (Å²) in [6.07, 6.45) is 0.988. The van der Waals surface area contributed by atoms with Gasteiger partial charge in [0.1, 0.15) is 5.75 Å². The molecule has 2 heterocycles. The van der Waals surface area contributed by atoms with Crippen molar-refractivity contribution in [3.05, 3.63) is 73.7 Å². The van der Waals surface area contributed by atoms with Gasteiger partial charge in [-0.1, -0.05) is 33.6 Å². The van der Waals surface area contributed by atoms with Crippen LogP contribution in [0.5, 0.6) is 5.75 Å². The molecule has 0 bridgehead atoms. The topological polar surface area (TPSA) is 54.5 Å². The molecule has 29 heavy (non-hydrogen) atoms. The minimum absolute atomic E-state index is 0.266. The molecule has 0 unspecified atom stereocenters. The number of ether oxygens (including phenoxy) is 1. The molecule has 0 radical (unpaired) electrons. The predicted molar refractivity (Wildman–Crippen MR) is 120 cm³/mol. The van der Waals surface area contributed by atoms with Crippen LogP contribution in [-0.2, 0) is 19.5 Å². The lowest BCUT2D eigenvalue weighted by Gasteiger charge is -2.28. The third-order valence-corrected chi connectivity index (χ3v) is 6.46. The number of benzene rings is 2. The van der Waals surface area contributed by atoms with Crippen molar-refractivity contribution in [3.8, 4) is 5.75 Å². The summed E-state index contributed by atoms with van der Waals surface area (Å²) < 4.78 is 6.12. The van der Waals surface area contributed by atoms with Gasteiger partial charge >= 0.3 is 0 Å². The largest absolute Gasteiger partial charge is 0.497 e. The molecule has 150 valence electrons. The number of thiazole rings is 1. The van der Waals surface area contributed by atoms with Crippen LogP contribution in [-0.4, -0.2) is 29.4 Å². The van der Waals surface area contributed by atoms with E-state index in [1.807, 2.05) is 11.4 Å². The van der Waals surface area contributed by atoms with Gasteiger partial charge in [-0.05, 0) is 47.9 Å². The van der Waals surface area contributed by atoms with Crippen molar-refractivity contribution in [1.29, 1.82) is 0 Å². The van der Waals surface area contributed by atoms with E-state index in [-0.39, 0.29) is 5.91 Å². The molecule has 8 heteroatoms. The van der Waals surface area contributed by atoms with Gasteiger partial charge in [-0.15, -0.1) is 11.3 Å². The number of carbonyl (C=O) groups excluding carboxylic acids is 1. The average Bonchev–Trinajstić information content (AvgIpc) is 3.15. The molecule has 1 amide bonds. The number of hydrogen-bond donors (Lipinski definition) is 1. The molecule has 4 rings (SSSR count). The monoisotopic (exact) mass is 491 g/mol. The fourth-order valence-electron chi connectivity index (χ4n) is 3.35. The Bertz CT molecular complexity index is 1060. The number of halogens is 2. The molecule has 1 aliphatic heterocycles. The van der Waals surface area contributed by atoms with Crippen molar-refractivity contribution < 1.29 is 9.53 Å². The van der Waals surface area contributed by atoms with E-state index in [9.17, 15) is 4.79 Å². The molecular formula is C21H19BrClN3O2S. The number of nitrogens with one attached hydrogen (secondary N) is 1. The maximum atomic E-state index is 12.5. The van der Waals surface area contributed by atoms with Crippen LogP contribution in [0.1, 0.15) is 27.2 Å². The average molecular weight is 493 g/mol. The molecule has 2 aromatic carbocycles. The van der Waals surface area contributed by atoms with Crippen LogP contribution in [0.2, 0.25) is 5.02 Å². The van der Waals surface area contributed by atoms with Gasteiger partial charge in [0, 0.05) is 29.5 Å². The minimum Gasteiger partial charge on any atom is -0.497 e. The van der Waals surface area contributed by atoms with Crippen LogP contribution in [0.4, 0.5) is 5.13 Å². The van der Waals surface area contributed by atoms with Crippen molar-refractivity contribution in [1.82, 2.24) is 9.88 Å². The fraction of sp³-hybridized carbons (Fsp3) is 0.238. The molecule has 0 aliphatic carbocycles. The van der Waals surface area contributed by atoms with E-state index >= 15 is 0 Å². The first kappa shape index (κ1) is 20.3. The van der Waals surface area contributed by atoms with Gasteiger partial charge in [-0.3, -0.25) is 15.0 Å². The summed E-state index contributed by atoms with van der Waals surface area (Å²) in [6, 6.07) is 11.5. The normalized spacial score (nSPS) is 13.8. The van der Waals surface area contributed by atoms with Gasteiger partial charge in [0.2, 0.25) is 0 Å². The third-order valence-electron chi connectivity index (χ3n) is 4.84. The van der Waals surface area contributed by atoms with Crippen LogP contribution >= 0.6 is 38.9 Å². The minimum atomic E-state index is -0.266. The SMILES string of the molecule is COc1ccc2c(c1)CCN(Cc1csc(NC(=O)c3cc(Br)ccc3Cl)n1)C2. The second-order valence-electron chi connectivity index (χ2n) is 6.82. The van der Waals surface area contributed by atoms with E-state index in [0.29, 0.717) is 15.7 Å². The zero-order valence-corrected chi connectivity index (χ0v) is 18.9. The summed E-state index contributed by atoms with van der Waals surface area (Å²) in [4.78, 5) is 19.4. The van der Waals surface area contributed by atoms with Gasteiger partial charge in [-0.25, -0.2) is 4.98 Å². The Morgan fingerprint density at radius 1 is 1.31 bits per heavy atom.